The van der Waals surface area contributed by atoms with Crippen molar-refractivity contribution in [3.63, 3.8) is 0 Å². The van der Waals surface area contributed by atoms with Crippen LogP contribution in [-0.2, 0) is 24.4 Å². The maximum atomic E-state index is 14.1. The number of fused-ring (bicyclic) bond motifs is 1. The van der Waals surface area contributed by atoms with E-state index in [0.717, 1.165) is 30.4 Å². The minimum atomic E-state index is -4.13. The standard InChI is InChI=1S/C32H32N2O5S/c1-20-8-7-9-21(2)27(20)17-12-24-18-29(36)32(37)30-28(23-10-5-4-6-11-23)19-34(31(24)30)40(38,39)26-15-13-25(14-16-26)33-22(3)35/h4-6,10-17,19,21,30-31H,1,7-9,18H2,2-3H3,(H,33,35)/b24-12+,27-17+. The molecule has 2 fully saturated rings. The largest absolute Gasteiger partial charge is 0.326 e. The number of carbonyl (C=O) groups excluding carboxylic acids is 3. The molecule has 206 valence electrons. The molecular weight excluding hydrogens is 524 g/mol. The van der Waals surface area contributed by atoms with Gasteiger partial charge in [0.2, 0.25) is 17.5 Å². The van der Waals surface area contributed by atoms with Crippen molar-refractivity contribution in [2.75, 3.05) is 5.32 Å². The summed E-state index contributed by atoms with van der Waals surface area (Å²) in [6.07, 6.45) is 8.14. The predicted molar refractivity (Wildman–Crippen MR) is 154 cm³/mol. The normalized spacial score (nSPS) is 25.2. The number of allylic oxidation sites excluding steroid dienone is 4. The maximum absolute atomic E-state index is 14.1. The molecule has 3 unspecified atom stereocenters. The molecule has 0 spiro atoms. The second-order valence-corrected chi connectivity index (χ2v) is 12.5. The lowest BCUT2D eigenvalue weighted by molar-refractivity contribution is -0.139. The first-order chi connectivity index (χ1) is 19.1. The third-order valence-electron chi connectivity index (χ3n) is 7.88. The maximum Gasteiger partial charge on any atom is 0.264 e. The van der Waals surface area contributed by atoms with E-state index in [1.807, 2.05) is 42.5 Å². The molecule has 2 saturated carbocycles. The number of anilines is 1. The quantitative estimate of drug-likeness (QED) is 0.494. The van der Waals surface area contributed by atoms with Gasteiger partial charge in [-0.1, -0.05) is 61.6 Å². The van der Waals surface area contributed by atoms with Crippen LogP contribution in [0.1, 0.15) is 45.1 Å². The highest BCUT2D eigenvalue weighted by molar-refractivity contribution is 7.89. The van der Waals surface area contributed by atoms with Gasteiger partial charge in [0.1, 0.15) is 0 Å². The highest BCUT2D eigenvalue weighted by Gasteiger charge is 2.51. The zero-order valence-corrected chi connectivity index (χ0v) is 23.4. The average Bonchev–Trinajstić information content (AvgIpc) is 3.34. The Morgan fingerprint density at radius 2 is 1.75 bits per heavy atom. The Kier molecular flexibility index (Phi) is 7.47. The van der Waals surface area contributed by atoms with Crippen LogP contribution in [0.15, 0.2) is 101 Å². The van der Waals surface area contributed by atoms with E-state index in [4.69, 9.17) is 0 Å². The summed E-state index contributed by atoms with van der Waals surface area (Å²) in [6, 6.07) is 14.1. The topological polar surface area (TPSA) is 101 Å². The summed E-state index contributed by atoms with van der Waals surface area (Å²) in [5.41, 5.74) is 4.37. The van der Waals surface area contributed by atoms with Gasteiger partial charge in [-0.05, 0) is 71.7 Å². The fourth-order valence-electron chi connectivity index (χ4n) is 5.87. The van der Waals surface area contributed by atoms with Gasteiger partial charge in [-0.25, -0.2) is 8.42 Å². The Morgan fingerprint density at radius 1 is 1.05 bits per heavy atom. The monoisotopic (exact) mass is 556 g/mol. The second-order valence-electron chi connectivity index (χ2n) is 10.6. The number of hydrogen-bond acceptors (Lipinski definition) is 5. The van der Waals surface area contributed by atoms with Gasteiger partial charge in [-0.2, -0.15) is 0 Å². The van der Waals surface area contributed by atoms with Crippen LogP contribution in [0.5, 0.6) is 0 Å². The zero-order valence-electron chi connectivity index (χ0n) is 22.6. The summed E-state index contributed by atoms with van der Waals surface area (Å²) in [5, 5.41) is 2.64. The Bertz CT molecular complexity index is 1580. The first-order valence-corrected chi connectivity index (χ1v) is 14.9. The molecule has 2 aromatic rings. The van der Waals surface area contributed by atoms with Gasteiger partial charge in [0.05, 0.1) is 16.9 Å². The van der Waals surface area contributed by atoms with Crippen LogP contribution in [0.4, 0.5) is 5.69 Å². The lowest BCUT2D eigenvalue weighted by Gasteiger charge is -2.34. The van der Waals surface area contributed by atoms with Crippen molar-refractivity contribution in [3.8, 4) is 0 Å². The van der Waals surface area contributed by atoms with Gasteiger partial charge >= 0.3 is 0 Å². The Hall–Kier alpha value is -4.04. The number of Topliss-reactive ketones (excluding diaryl/α,β-unsaturated/α-hetero) is 2. The molecule has 40 heavy (non-hydrogen) atoms. The summed E-state index contributed by atoms with van der Waals surface area (Å²) >= 11 is 0. The van der Waals surface area contributed by atoms with E-state index >= 15 is 0 Å². The van der Waals surface area contributed by atoms with Gasteiger partial charge in [0.25, 0.3) is 10.0 Å². The van der Waals surface area contributed by atoms with Crippen LogP contribution in [0.2, 0.25) is 0 Å². The number of carbonyl (C=O) groups is 3. The van der Waals surface area contributed by atoms with E-state index in [9.17, 15) is 22.8 Å². The molecule has 1 amide bonds. The molecule has 3 atom stereocenters. The van der Waals surface area contributed by atoms with E-state index in [2.05, 4.69) is 18.8 Å². The summed E-state index contributed by atoms with van der Waals surface area (Å²) in [4.78, 5) is 37.8. The van der Waals surface area contributed by atoms with Gasteiger partial charge < -0.3 is 5.32 Å². The van der Waals surface area contributed by atoms with Crippen LogP contribution in [-0.4, -0.2) is 36.2 Å². The van der Waals surface area contributed by atoms with Crippen LogP contribution >= 0.6 is 0 Å². The Labute approximate surface area is 235 Å². The van der Waals surface area contributed by atoms with Gasteiger partial charge in [0.15, 0.2) is 0 Å². The molecule has 1 heterocycles. The summed E-state index contributed by atoms with van der Waals surface area (Å²) < 4.78 is 29.4. The van der Waals surface area contributed by atoms with Crippen molar-refractivity contribution in [3.05, 3.63) is 102 Å². The molecule has 1 N–H and O–H groups in total. The number of sulfonamides is 1. The minimum absolute atomic E-state index is 0.0160. The molecule has 0 radical (unpaired) electrons. The van der Waals surface area contributed by atoms with Crippen LogP contribution in [0.3, 0.4) is 0 Å². The minimum Gasteiger partial charge on any atom is -0.326 e. The highest BCUT2D eigenvalue weighted by atomic mass is 32.2. The van der Waals surface area contributed by atoms with E-state index in [1.165, 1.54) is 41.7 Å². The number of nitrogens with one attached hydrogen (secondary N) is 1. The number of hydrogen-bond donors (Lipinski definition) is 1. The molecule has 5 rings (SSSR count). The lowest BCUT2D eigenvalue weighted by Crippen LogP contribution is -2.46. The van der Waals surface area contributed by atoms with Crippen LogP contribution in [0, 0.1) is 11.8 Å². The molecule has 0 aromatic heterocycles. The fraction of sp³-hybridized carbons (Fsp3) is 0.281. The van der Waals surface area contributed by atoms with Crippen LogP contribution in [0.25, 0.3) is 5.57 Å². The second kappa shape index (κ2) is 10.8. The first-order valence-electron chi connectivity index (χ1n) is 13.4. The van der Waals surface area contributed by atoms with Gasteiger partial charge in [-0.15, -0.1) is 0 Å². The molecule has 7 nitrogen and oxygen atoms in total. The molecule has 2 aromatic carbocycles. The molecule has 1 aliphatic heterocycles. The zero-order chi connectivity index (χ0) is 28.6. The van der Waals surface area contributed by atoms with Gasteiger partial charge in [-0.3, -0.25) is 18.7 Å². The number of ketones is 2. The number of amides is 1. The number of nitrogens with zero attached hydrogens (tertiary/aromatic N) is 1. The third-order valence-corrected chi connectivity index (χ3v) is 9.64. The SMILES string of the molecule is C=C1CCCC(C)/C1=C/C=C1\CC(=O)C(=O)C2C(c3ccccc3)=CN(S(=O)(=O)c3ccc(NC(C)=O)cc3)C12. The van der Waals surface area contributed by atoms with Crippen molar-refractivity contribution in [1.29, 1.82) is 0 Å². The fourth-order valence-corrected chi connectivity index (χ4v) is 7.40. The Morgan fingerprint density at radius 3 is 2.40 bits per heavy atom. The van der Waals surface area contributed by atoms with E-state index < -0.39 is 33.5 Å². The van der Waals surface area contributed by atoms with Gasteiger partial charge in [0, 0.05) is 25.2 Å². The van der Waals surface area contributed by atoms with Crippen LogP contribution < -0.4 is 5.32 Å². The molecule has 0 bridgehead atoms. The van der Waals surface area contributed by atoms with Crippen molar-refractivity contribution >= 4 is 38.8 Å². The third kappa shape index (κ3) is 5.11. The summed E-state index contributed by atoms with van der Waals surface area (Å²) in [6.45, 7) is 7.72. The smallest absolute Gasteiger partial charge is 0.264 e. The van der Waals surface area contributed by atoms with Crippen molar-refractivity contribution in [2.24, 2.45) is 11.8 Å². The Balaban J connectivity index is 1.63. The van der Waals surface area contributed by atoms with E-state index in [-0.39, 0.29) is 17.2 Å². The van der Waals surface area contributed by atoms with Crippen molar-refractivity contribution < 1.29 is 22.8 Å². The number of benzene rings is 2. The molecule has 3 aliphatic rings. The summed E-state index contributed by atoms with van der Waals surface area (Å²) in [5.74, 6) is -2.02. The molecular formula is C32H32N2O5S. The van der Waals surface area contributed by atoms with Crippen molar-refractivity contribution in [2.45, 2.75) is 50.5 Å². The molecule has 2 aliphatic carbocycles. The first kappa shape index (κ1) is 27.5. The lowest BCUT2D eigenvalue weighted by atomic mass is 9.75. The van der Waals surface area contributed by atoms with Crippen molar-refractivity contribution in [1.82, 2.24) is 4.31 Å². The van der Waals surface area contributed by atoms with E-state index in [0.29, 0.717) is 28.3 Å². The predicted octanol–water partition coefficient (Wildman–Crippen LogP) is 5.45. The molecule has 8 heteroatoms. The summed E-state index contributed by atoms with van der Waals surface area (Å²) in [7, 11) is -4.13. The molecule has 0 saturated heterocycles. The highest BCUT2D eigenvalue weighted by Crippen LogP contribution is 2.46. The number of rotatable bonds is 5. The van der Waals surface area contributed by atoms with E-state index in [1.54, 1.807) is 0 Å². The average molecular weight is 557 g/mol.